The topological polar surface area (TPSA) is 41.1 Å². The van der Waals surface area contributed by atoms with Crippen molar-refractivity contribution in [3.8, 4) is 0 Å². The van der Waals surface area contributed by atoms with Crippen LogP contribution >= 0.6 is 11.6 Å². The summed E-state index contributed by atoms with van der Waals surface area (Å²) < 4.78 is 0. The number of nitrogens with one attached hydrogen (secondary N) is 2. The first kappa shape index (κ1) is 15.0. The normalized spacial score (nSPS) is 14.3. The average molecular weight is 269 g/mol. The third-order valence-electron chi connectivity index (χ3n) is 2.69. The number of benzene rings is 1. The van der Waals surface area contributed by atoms with Gasteiger partial charge in [0.1, 0.15) is 0 Å². The number of hydrogen-bond donors (Lipinski definition) is 2. The molecule has 18 heavy (non-hydrogen) atoms. The van der Waals surface area contributed by atoms with Crippen LogP contribution in [-0.4, -0.2) is 18.0 Å². The number of rotatable bonds is 5. The number of amides is 1. The molecule has 2 atom stereocenters. The fourth-order valence-electron chi connectivity index (χ4n) is 1.71. The van der Waals surface area contributed by atoms with Gasteiger partial charge >= 0.3 is 0 Å². The van der Waals surface area contributed by atoms with E-state index in [0.717, 1.165) is 10.6 Å². The van der Waals surface area contributed by atoms with E-state index in [-0.39, 0.29) is 24.0 Å². The summed E-state index contributed by atoms with van der Waals surface area (Å²) in [4.78, 5) is 11.8. The minimum Gasteiger partial charge on any atom is -0.353 e. The van der Waals surface area contributed by atoms with Gasteiger partial charge in [-0.3, -0.25) is 10.1 Å². The minimum absolute atomic E-state index is 0.0193. The van der Waals surface area contributed by atoms with Crippen LogP contribution in [0.4, 0.5) is 0 Å². The highest BCUT2D eigenvalue weighted by molar-refractivity contribution is 6.30. The van der Waals surface area contributed by atoms with Gasteiger partial charge in [0.25, 0.3) is 0 Å². The van der Waals surface area contributed by atoms with Crippen molar-refractivity contribution in [2.45, 2.75) is 45.8 Å². The Morgan fingerprint density at radius 2 is 1.67 bits per heavy atom. The molecule has 0 radical (unpaired) electrons. The third kappa shape index (κ3) is 4.67. The number of carbonyl (C=O) groups is 1. The first-order chi connectivity index (χ1) is 8.40. The molecule has 1 rings (SSSR count). The van der Waals surface area contributed by atoms with Crippen LogP contribution in [-0.2, 0) is 4.79 Å². The predicted octanol–water partition coefficient (Wildman–Crippen LogP) is 2.90. The number of hydrogen-bond acceptors (Lipinski definition) is 2. The molecule has 0 spiro atoms. The van der Waals surface area contributed by atoms with Crippen molar-refractivity contribution in [2.75, 3.05) is 0 Å². The molecule has 0 aliphatic heterocycles. The second kappa shape index (κ2) is 6.76. The van der Waals surface area contributed by atoms with Crippen molar-refractivity contribution in [3.63, 3.8) is 0 Å². The Balaban J connectivity index is 2.56. The highest BCUT2D eigenvalue weighted by Gasteiger charge is 2.16. The maximum Gasteiger partial charge on any atom is 0.237 e. The van der Waals surface area contributed by atoms with Gasteiger partial charge in [0.2, 0.25) is 5.91 Å². The van der Waals surface area contributed by atoms with Gasteiger partial charge in [-0.05, 0) is 45.4 Å². The summed E-state index contributed by atoms with van der Waals surface area (Å²) in [7, 11) is 0. The van der Waals surface area contributed by atoms with Gasteiger partial charge < -0.3 is 5.32 Å². The molecule has 0 saturated heterocycles. The smallest absolute Gasteiger partial charge is 0.237 e. The van der Waals surface area contributed by atoms with Crippen molar-refractivity contribution < 1.29 is 4.79 Å². The van der Waals surface area contributed by atoms with Crippen LogP contribution in [0.15, 0.2) is 24.3 Å². The molecule has 1 amide bonds. The summed E-state index contributed by atoms with van der Waals surface area (Å²) in [6, 6.07) is 7.68. The quantitative estimate of drug-likeness (QED) is 0.862. The van der Waals surface area contributed by atoms with E-state index in [1.165, 1.54) is 0 Å². The van der Waals surface area contributed by atoms with Gasteiger partial charge in [-0.2, -0.15) is 0 Å². The molecule has 0 fully saturated rings. The van der Waals surface area contributed by atoms with Crippen LogP contribution in [0.1, 0.15) is 39.3 Å². The Hall–Kier alpha value is -1.06. The van der Waals surface area contributed by atoms with E-state index in [1.807, 2.05) is 52.0 Å². The zero-order chi connectivity index (χ0) is 13.7. The molecular formula is C14H21ClN2O. The first-order valence-corrected chi connectivity index (χ1v) is 6.60. The molecule has 2 N–H and O–H groups in total. The molecular weight excluding hydrogens is 248 g/mol. The first-order valence-electron chi connectivity index (χ1n) is 6.22. The molecule has 0 aliphatic rings. The Labute approximate surface area is 114 Å². The summed E-state index contributed by atoms with van der Waals surface area (Å²) in [5, 5.41) is 6.87. The van der Waals surface area contributed by atoms with E-state index in [9.17, 15) is 4.79 Å². The van der Waals surface area contributed by atoms with Gasteiger partial charge in [0, 0.05) is 17.1 Å². The summed E-state index contributed by atoms with van der Waals surface area (Å²) in [6.45, 7) is 7.80. The molecule has 100 valence electrons. The van der Waals surface area contributed by atoms with Crippen LogP contribution in [0.2, 0.25) is 5.02 Å². The lowest BCUT2D eigenvalue weighted by Crippen LogP contribution is -2.45. The molecule has 1 aromatic carbocycles. The highest BCUT2D eigenvalue weighted by atomic mass is 35.5. The zero-order valence-electron chi connectivity index (χ0n) is 11.3. The average Bonchev–Trinajstić information content (AvgIpc) is 2.28. The molecule has 2 unspecified atom stereocenters. The van der Waals surface area contributed by atoms with Crippen LogP contribution in [0.5, 0.6) is 0 Å². The predicted molar refractivity (Wildman–Crippen MR) is 75.7 cm³/mol. The van der Waals surface area contributed by atoms with E-state index in [4.69, 9.17) is 11.6 Å². The zero-order valence-corrected chi connectivity index (χ0v) is 12.1. The molecule has 0 aliphatic carbocycles. The van der Waals surface area contributed by atoms with Crippen LogP contribution in [0, 0.1) is 0 Å². The van der Waals surface area contributed by atoms with Gasteiger partial charge in [-0.1, -0.05) is 23.7 Å². The molecule has 0 heterocycles. The lowest BCUT2D eigenvalue weighted by Gasteiger charge is -2.21. The Bertz CT molecular complexity index is 389. The van der Waals surface area contributed by atoms with Gasteiger partial charge in [-0.25, -0.2) is 0 Å². The number of halogens is 1. The fraction of sp³-hybridized carbons (Fsp3) is 0.500. The SMILES string of the molecule is CC(C)NC(=O)C(C)NC(C)c1ccc(Cl)cc1. The van der Waals surface area contributed by atoms with Crippen LogP contribution in [0.25, 0.3) is 0 Å². The molecule has 3 nitrogen and oxygen atoms in total. The summed E-state index contributed by atoms with van der Waals surface area (Å²) in [6.07, 6.45) is 0. The molecule has 0 bridgehead atoms. The van der Waals surface area contributed by atoms with E-state index in [1.54, 1.807) is 0 Å². The molecule has 1 aromatic rings. The van der Waals surface area contributed by atoms with Crippen LogP contribution in [0.3, 0.4) is 0 Å². The van der Waals surface area contributed by atoms with Crippen molar-refractivity contribution >= 4 is 17.5 Å². The Kier molecular flexibility index (Phi) is 5.63. The van der Waals surface area contributed by atoms with Gasteiger partial charge in [-0.15, -0.1) is 0 Å². The highest BCUT2D eigenvalue weighted by Crippen LogP contribution is 2.16. The lowest BCUT2D eigenvalue weighted by molar-refractivity contribution is -0.123. The second-order valence-electron chi connectivity index (χ2n) is 4.82. The lowest BCUT2D eigenvalue weighted by atomic mass is 10.1. The Morgan fingerprint density at radius 3 is 2.17 bits per heavy atom. The van der Waals surface area contributed by atoms with Crippen molar-refractivity contribution in [1.29, 1.82) is 0 Å². The summed E-state index contributed by atoms with van der Waals surface area (Å²) in [5.41, 5.74) is 1.11. The largest absolute Gasteiger partial charge is 0.353 e. The maximum absolute atomic E-state index is 11.8. The van der Waals surface area contributed by atoms with Crippen molar-refractivity contribution in [1.82, 2.24) is 10.6 Å². The summed E-state index contributed by atoms with van der Waals surface area (Å²) >= 11 is 5.85. The molecule has 4 heteroatoms. The third-order valence-corrected chi connectivity index (χ3v) is 2.95. The second-order valence-corrected chi connectivity index (χ2v) is 5.26. The van der Waals surface area contributed by atoms with E-state index in [2.05, 4.69) is 10.6 Å². The monoisotopic (exact) mass is 268 g/mol. The molecule has 0 aromatic heterocycles. The fourth-order valence-corrected chi connectivity index (χ4v) is 1.83. The van der Waals surface area contributed by atoms with Crippen LogP contribution < -0.4 is 10.6 Å². The van der Waals surface area contributed by atoms with E-state index in [0.29, 0.717) is 0 Å². The van der Waals surface area contributed by atoms with E-state index >= 15 is 0 Å². The summed E-state index contributed by atoms with van der Waals surface area (Å²) in [5.74, 6) is 0.0193. The number of carbonyl (C=O) groups excluding carboxylic acids is 1. The minimum atomic E-state index is -0.224. The standard InChI is InChI=1S/C14H21ClN2O/c1-9(2)16-14(18)11(4)17-10(3)12-5-7-13(15)8-6-12/h5-11,17H,1-4H3,(H,16,18). The Morgan fingerprint density at radius 1 is 1.11 bits per heavy atom. The van der Waals surface area contributed by atoms with E-state index < -0.39 is 0 Å². The van der Waals surface area contributed by atoms with Crippen molar-refractivity contribution in [2.24, 2.45) is 0 Å². The van der Waals surface area contributed by atoms with Gasteiger partial charge in [0.05, 0.1) is 6.04 Å². The van der Waals surface area contributed by atoms with Crippen molar-refractivity contribution in [3.05, 3.63) is 34.9 Å². The maximum atomic E-state index is 11.8. The van der Waals surface area contributed by atoms with Gasteiger partial charge in [0.15, 0.2) is 0 Å². The molecule has 0 saturated carbocycles.